The van der Waals surface area contributed by atoms with Crippen LogP contribution in [0, 0.1) is 12.8 Å². The van der Waals surface area contributed by atoms with Gasteiger partial charge in [0.2, 0.25) is 0 Å². The fourth-order valence-electron chi connectivity index (χ4n) is 1.49. The van der Waals surface area contributed by atoms with Gasteiger partial charge in [0.1, 0.15) is 0 Å². The first-order chi connectivity index (χ1) is 8.31. The van der Waals surface area contributed by atoms with Crippen LogP contribution in [0.4, 0.5) is 0 Å². The molecule has 0 spiro atoms. The third-order valence-corrected chi connectivity index (χ3v) is 2.95. The minimum Gasteiger partial charge on any atom is -0.478 e. The van der Waals surface area contributed by atoms with Crippen LogP contribution >= 0.6 is 0 Å². The van der Waals surface area contributed by atoms with Crippen LogP contribution in [0.15, 0.2) is 18.2 Å². The maximum atomic E-state index is 12.0. The van der Waals surface area contributed by atoms with Crippen LogP contribution in [0.2, 0.25) is 0 Å². The number of carboxylic acids is 1. The van der Waals surface area contributed by atoms with Crippen molar-refractivity contribution in [3.63, 3.8) is 0 Å². The summed E-state index contributed by atoms with van der Waals surface area (Å²) < 4.78 is 0. The minimum absolute atomic E-state index is 0.0475. The Morgan fingerprint density at radius 2 is 1.67 bits per heavy atom. The summed E-state index contributed by atoms with van der Waals surface area (Å²) in [4.78, 5) is 22.9. The number of benzene rings is 1. The summed E-state index contributed by atoms with van der Waals surface area (Å²) in [5.74, 6) is -0.926. The van der Waals surface area contributed by atoms with Gasteiger partial charge in [-0.05, 0) is 43.5 Å². The van der Waals surface area contributed by atoms with Gasteiger partial charge in [-0.15, -0.1) is 0 Å². The van der Waals surface area contributed by atoms with Crippen LogP contribution < -0.4 is 5.32 Å². The average molecular weight is 249 g/mol. The van der Waals surface area contributed by atoms with Crippen molar-refractivity contribution in [3.05, 3.63) is 34.9 Å². The molecule has 0 aliphatic heterocycles. The predicted molar refractivity (Wildman–Crippen MR) is 69.9 cm³/mol. The first-order valence-corrected chi connectivity index (χ1v) is 5.97. The highest BCUT2D eigenvalue weighted by Crippen LogP contribution is 2.11. The van der Waals surface area contributed by atoms with Crippen LogP contribution in [-0.4, -0.2) is 23.0 Å². The first-order valence-electron chi connectivity index (χ1n) is 5.97. The summed E-state index contributed by atoms with van der Waals surface area (Å²) in [6.07, 6.45) is 0. The summed E-state index contributed by atoms with van der Waals surface area (Å²) in [6.45, 7) is 7.74. The van der Waals surface area contributed by atoms with E-state index in [9.17, 15) is 9.59 Å². The van der Waals surface area contributed by atoms with Crippen LogP contribution in [0.5, 0.6) is 0 Å². The molecule has 0 radical (unpaired) electrons. The van der Waals surface area contributed by atoms with Gasteiger partial charge < -0.3 is 10.4 Å². The molecule has 1 rings (SSSR count). The molecule has 1 unspecified atom stereocenters. The van der Waals surface area contributed by atoms with Gasteiger partial charge in [-0.2, -0.15) is 0 Å². The average Bonchev–Trinajstić information content (AvgIpc) is 2.27. The van der Waals surface area contributed by atoms with E-state index in [-0.39, 0.29) is 17.5 Å². The summed E-state index contributed by atoms with van der Waals surface area (Å²) in [5, 5.41) is 11.8. The molecule has 98 valence electrons. The molecular formula is C14H19NO3. The standard InChI is InChI=1S/C14H19NO3/c1-8(2)10(4)15-13(16)11-5-9(3)6-12(7-11)14(17)18/h5-8,10H,1-4H3,(H,15,16)(H,17,18). The molecule has 0 aromatic heterocycles. The summed E-state index contributed by atoms with van der Waals surface area (Å²) in [5.41, 5.74) is 1.29. The quantitative estimate of drug-likeness (QED) is 0.861. The highest BCUT2D eigenvalue weighted by Gasteiger charge is 2.14. The van der Waals surface area contributed by atoms with Crippen molar-refractivity contribution in [2.45, 2.75) is 33.7 Å². The Hall–Kier alpha value is -1.84. The second-order valence-corrected chi connectivity index (χ2v) is 4.90. The molecule has 0 fully saturated rings. The van der Waals surface area contributed by atoms with E-state index >= 15 is 0 Å². The number of carboxylic acid groups (broad SMARTS) is 1. The third kappa shape index (κ3) is 3.58. The fraction of sp³-hybridized carbons (Fsp3) is 0.429. The Bertz CT molecular complexity index is 466. The fourth-order valence-corrected chi connectivity index (χ4v) is 1.49. The van der Waals surface area contributed by atoms with Gasteiger partial charge in [0, 0.05) is 11.6 Å². The molecule has 1 amide bonds. The zero-order valence-corrected chi connectivity index (χ0v) is 11.2. The lowest BCUT2D eigenvalue weighted by molar-refractivity contribution is 0.0696. The highest BCUT2D eigenvalue weighted by atomic mass is 16.4. The summed E-state index contributed by atoms with van der Waals surface area (Å²) >= 11 is 0. The Balaban J connectivity index is 2.95. The molecule has 1 aromatic rings. The van der Waals surface area contributed by atoms with Crippen molar-refractivity contribution in [2.24, 2.45) is 5.92 Å². The second kappa shape index (κ2) is 5.67. The molecule has 1 aromatic carbocycles. The molecule has 0 aliphatic carbocycles. The van der Waals surface area contributed by atoms with Crippen LogP contribution in [0.25, 0.3) is 0 Å². The van der Waals surface area contributed by atoms with Crippen molar-refractivity contribution in [2.75, 3.05) is 0 Å². The molecule has 18 heavy (non-hydrogen) atoms. The zero-order valence-electron chi connectivity index (χ0n) is 11.2. The molecule has 4 nitrogen and oxygen atoms in total. The third-order valence-electron chi connectivity index (χ3n) is 2.95. The summed E-state index contributed by atoms with van der Waals surface area (Å²) in [6, 6.07) is 4.68. The first kappa shape index (κ1) is 14.2. The molecule has 0 bridgehead atoms. The van der Waals surface area contributed by atoms with Gasteiger partial charge in [0.15, 0.2) is 0 Å². The van der Waals surface area contributed by atoms with Crippen LogP contribution in [-0.2, 0) is 0 Å². The van der Waals surface area contributed by atoms with Crippen molar-refractivity contribution < 1.29 is 14.7 Å². The van der Waals surface area contributed by atoms with E-state index in [0.29, 0.717) is 11.5 Å². The Morgan fingerprint density at radius 3 is 2.17 bits per heavy atom. The number of rotatable bonds is 4. The lowest BCUT2D eigenvalue weighted by Crippen LogP contribution is -2.36. The van der Waals surface area contributed by atoms with E-state index in [1.165, 1.54) is 6.07 Å². The molecule has 0 saturated carbocycles. The van der Waals surface area contributed by atoms with E-state index < -0.39 is 5.97 Å². The Kier molecular flexibility index (Phi) is 4.48. The predicted octanol–water partition coefficient (Wildman–Crippen LogP) is 2.47. The van der Waals surface area contributed by atoms with E-state index in [1.54, 1.807) is 19.1 Å². The number of amides is 1. The molecule has 0 saturated heterocycles. The molecule has 1 atom stereocenters. The van der Waals surface area contributed by atoms with Crippen molar-refractivity contribution in [3.8, 4) is 0 Å². The topological polar surface area (TPSA) is 66.4 Å². The van der Waals surface area contributed by atoms with Gasteiger partial charge in [-0.3, -0.25) is 4.79 Å². The van der Waals surface area contributed by atoms with Gasteiger partial charge in [-0.1, -0.05) is 13.8 Å². The van der Waals surface area contributed by atoms with Gasteiger partial charge in [0.25, 0.3) is 5.91 Å². The van der Waals surface area contributed by atoms with Crippen LogP contribution in [0.3, 0.4) is 0 Å². The molecular weight excluding hydrogens is 230 g/mol. The summed E-state index contributed by atoms with van der Waals surface area (Å²) in [7, 11) is 0. The SMILES string of the molecule is Cc1cc(C(=O)O)cc(C(=O)NC(C)C(C)C)c1. The monoisotopic (exact) mass is 249 g/mol. The van der Waals surface area contributed by atoms with Crippen molar-refractivity contribution in [1.29, 1.82) is 0 Å². The number of nitrogens with one attached hydrogen (secondary N) is 1. The Labute approximate surface area is 107 Å². The smallest absolute Gasteiger partial charge is 0.335 e. The van der Waals surface area contributed by atoms with Gasteiger partial charge in [-0.25, -0.2) is 4.79 Å². The van der Waals surface area contributed by atoms with Crippen molar-refractivity contribution in [1.82, 2.24) is 5.32 Å². The van der Waals surface area contributed by atoms with E-state index in [4.69, 9.17) is 5.11 Å². The Morgan fingerprint density at radius 1 is 1.11 bits per heavy atom. The lowest BCUT2D eigenvalue weighted by Gasteiger charge is -2.17. The number of aromatic carboxylic acids is 1. The maximum Gasteiger partial charge on any atom is 0.335 e. The number of hydrogen-bond donors (Lipinski definition) is 2. The number of carbonyl (C=O) groups is 2. The minimum atomic E-state index is -1.02. The number of hydrogen-bond acceptors (Lipinski definition) is 2. The maximum absolute atomic E-state index is 12.0. The molecule has 2 N–H and O–H groups in total. The molecule has 0 heterocycles. The second-order valence-electron chi connectivity index (χ2n) is 4.90. The number of aryl methyl sites for hydroxylation is 1. The van der Waals surface area contributed by atoms with E-state index in [2.05, 4.69) is 5.32 Å². The van der Waals surface area contributed by atoms with Gasteiger partial charge in [0.05, 0.1) is 5.56 Å². The van der Waals surface area contributed by atoms with Crippen LogP contribution in [0.1, 0.15) is 47.1 Å². The van der Waals surface area contributed by atoms with E-state index in [0.717, 1.165) is 5.56 Å². The lowest BCUT2D eigenvalue weighted by atomic mass is 10.0. The normalized spacial score (nSPS) is 12.3. The van der Waals surface area contributed by atoms with E-state index in [1.807, 2.05) is 20.8 Å². The van der Waals surface area contributed by atoms with Gasteiger partial charge >= 0.3 is 5.97 Å². The molecule has 4 heteroatoms. The molecule has 0 aliphatic rings. The van der Waals surface area contributed by atoms with Crippen molar-refractivity contribution >= 4 is 11.9 Å². The zero-order chi connectivity index (χ0) is 13.9. The largest absolute Gasteiger partial charge is 0.478 e. The highest BCUT2D eigenvalue weighted by molar-refractivity contribution is 5.97. The number of carbonyl (C=O) groups excluding carboxylic acids is 1.